The fourth-order valence-corrected chi connectivity index (χ4v) is 5.79. The number of carboxylic acid groups (broad SMARTS) is 1. The van der Waals surface area contributed by atoms with Gasteiger partial charge in [0.25, 0.3) is 0 Å². The largest absolute Gasteiger partial charge is 0.496 e. The first-order valence-corrected chi connectivity index (χ1v) is 13.4. The molecular formula is C31H36F3NO5. The van der Waals surface area contributed by atoms with Crippen molar-refractivity contribution < 1.29 is 37.3 Å². The maximum absolute atomic E-state index is 13.5. The Bertz CT molecular complexity index is 1330. The number of cyclic esters (lactones) is 1. The number of nitrogens with zero attached hydrogens (tertiary/aromatic N) is 1. The molecule has 2 aromatic rings. The van der Waals surface area contributed by atoms with E-state index in [9.17, 15) is 22.8 Å². The molecule has 1 aliphatic heterocycles. The monoisotopic (exact) mass is 559 g/mol. The Morgan fingerprint density at radius 3 is 2.58 bits per heavy atom. The van der Waals surface area contributed by atoms with Gasteiger partial charge in [-0.2, -0.15) is 13.2 Å². The van der Waals surface area contributed by atoms with E-state index in [0.29, 0.717) is 29.7 Å². The second-order valence-electron chi connectivity index (χ2n) is 11.7. The molecule has 1 fully saturated rings. The molecule has 4 rings (SSSR count). The summed E-state index contributed by atoms with van der Waals surface area (Å²) in [7, 11) is 1.59. The molecule has 2 aromatic carbocycles. The van der Waals surface area contributed by atoms with Crippen LogP contribution in [0.5, 0.6) is 5.75 Å². The summed E-state index contributed by atoms with van der Waals surface area (Å²) in [5.41, 5.74) is 3.82. The Morgan fingerprint density at radius 2 is 1.93 bits per heavy atom. The van der Waals surface area contributed by atoms with Crippen molar-refractivity contribution in [3.8, 4) is 5.75 Å². The lowest BCUT2D eigenvalue weighted by atomic mass is 9.72. The van der Waals surface area contributed by atoms with Gasteiger partial charge in [0.15, 0.2) is 0 Å². The highest BCUT2D eigenvalue weighted by Crippen LogP contribution is 2.46. The summed E-state index contributed by atoms with van der Waals surface area (Å²) in [5, 5.41) is 9.14. The van der Waals surface area contributed by atoms with Crippen LogP contribution in [0.3, 0.4) is 0 Å². The first-order chi connectivity index (χ1) is 18.7. The SMILES string of the molecule is COc1ccc(CCC(=O)O)cc1C1=C(CN2C(=O)O[C@H](c3cc(C)cc(C(F)(F)F)c3)[C@@H]2C)CC(C)(C)CC1. The van der Waals surface area contributed by atoms with Crippen molar-refractivity contribution in [1.82, 2.24) is 4.90 Å². The van der Waals surface area contributed by atoms with Gasteiger partial charge in [-0.15, -0.1) is 0 Å². The minimum absolute atomic E-state index is 0.0121. The van der Waals surface area contributed by atoms with Crippen LogP contribution in [0.1, 0.15) is 80.4 Å². The maximum atomic E-state index is 13.5. The standard InChI is InChI=1S/C31H36F3NO5/c1-18-12-21(15-23(13-18)31(32,33)34)28-19(2)35(29(38)40-28)17-22-16-30(3,4)11-10-24(22)25-14-20(7-9-27(36)37)6-8-26(25)39-5/h6,8,12-15,19,28H,7,9-11,16-17H2,1-5H3,(H,36,37)/t19-,28-/m0/s1. The van der Waals surface area contributed by atoms with Crippen molar-refractivity contribution in [3.63, 3.8) is 0 Å². The molecule has 1 saturated heterocycles. The Labute approximate surface area is 232 Å². The number of aryl methyl sites for hydroxylation is 2. The van der Waals surface area contributed by atoms with E-state index in [0.717, 1.165) is 47.2 Å². The van der Waals surface area contributed by atoms with Crippen molar-refractivity contribution in [3.05, 3.63) is 69.8 Å². The predicted octanol–water partition coefficient (Wildman–Crippen LogP) is 7.59. The molecular weight excluding hydrogens is 523 g/mol. The van der Waals surface area contributed by atoms with E-state index >= 15 is 0 Å². The van der Waals surface area contributed by atoms with Crippen LogP contribution in [0.15, 0.2) is 42.0 Å². The Kier molecular flexibility index (Phi) is 8.24. The molecule has 1 aliphatic carbocycles. The normalized spacial score (nSPS) is 21.0. The number of ether oxygens (including phenoxy) is 2. The van der Waals surface area contributed by atoms with E-state index < -0.39 is 35.9 Å². The molecule has 9 heteroatoms. The van der Waals surface area contributed by atoms with Gasteiger partial charge in [0.1, 0.15) is 11.9 Å². The molecule has 1 amide bonds. The number of methoxy groups -OCH3 is 1. The van der Waals surface area contributed by atoms with Crippen LogP contribution in [-0.2, 0) is 22.1 Å². The first kappa shape index (κ1) is 29.5. The van der Waals surface area contributed by atoms with Gasteiger partial charge in [-0.3, -0.25) is 9.69 Å². The average molecular weight is 560 g/mol. The summed E-state index contributed by atoms with van der Waals surface area (Å²) in [6.07, 6.45) is -3.12. The Morgan fingerprint density at radius 1 is 1.20 bits per heavy atom. The van der Waals surface area contributed by atoms with Gasteiger partial charge >= 0.3 is 18.2 Å². The highest BCUT2D eigenvalue weighted by Gasteiger charge is 2.42. The van der Waals surface area contributed by atoms with E-state index in [1.54, 1.807) is 31.9 Å². The van der Waals surface area contributed by atoms with Crippen LogP contribution in [0, 0.1) is 12.3 Å². The number of carboxylic acids is 1. The first-order valence-electron chi connectivity index (χ1n) is 13.4. The number of hydrogen-bond donors (Lipinski definition) is 1. The molecule has 2 aliphatic rings. The molecule has 6 nitrogen and oxygen atoms in total. The van der Waals surface area contributed by atoms with Crippen molar-refractivity contribution in [1.29, 1.82) is 0 Å². The van der Waals surface area contributed by atoms with Gasteiger partial charge in [0.05, 0.1) is 18.7 Å². The van der Waals surface area contributed by atoms with Crippen LogP contribution in [0.4, 0.5) is 18.0 Å². The molecule has 2 atom stereocenters. The smallest absolute Gasteiger partial charge is 0.416 e. The molecule has 0 aromatic heterocycles. The van der Waals surface area contributed by atoms with Crippen LogP contribution in [0.2, 0.25) is 0 Å². The number of rotatable bonds is 8. The molecule has 0 radical (unpaired) electrons. The Balaban J connectivity index is 1.70. The van der Waals surface area contributed by atoms with Crippen molar-refractivity contribution >= 4 is 17.6 Å². The van der Waals surface area contributed by atoms with E-state index in [2.05, 4.69) is 13.8 Å². The summed E-state index contributed by atoms with van der Waals surface area (Å²) in [6.45, 7) is 8.01. The summed E-state index contributed by atoms with van der Waals surface area (Å²) in [6, 6.07) is 8.97. The zero-order valence-electron chi connectivity index (χ0n) is 23.5. The third-order valence-corrected chi connectivity index (χ3v) is 7.90. The zero-order chi connectivity index (χ0) is 29.4. The molecule has 1 N–H and O–H groups in total. The fourth-order valence-electron chi connectivity index (χ4n) is 5.79. The highest BCUT2D eigenvalue weighted by molar-refractivity contribution is 5.77. The lowest BCUT2D eigenvalue weighted by molar-refractivity contribution is -0.138. The van der Waals surface area contributed by atoms with Gasteiger partial charge < -0.3 is 14.6 Å². The number of carbonyl (C=O) groups is 2. The average Bonchev–Trinajstić information content (AvgIpc) is 3.14. The number of benzene rings is 2. The lowest BCUT2D eigenvalue weighted by Gasteiger charge is -2.36. The van der Waals surface area contributed by atoms with Gasteiger partial charge in [-0.1, -0.05) is 31.5 Å². The molecule has 40 heavy (non-hydrogen) atoms. The molecule has 0 spiro atoms. The van der Waals surface area contributed by atoms with Crippen LogP contribution in [-0.4, -0.2) is 41.8 Å². The van der Waals surface area contributed by atoms with Crippen LogP contribution >= 0.6 is 0 Å². The van der Waals surface area contributed by atoms with Gasteiger partial charge in [-0.05, 0) is 91.5 Å². The topological polar surface area (TPSA) is 76.1 Å². The number of amides is 1. The molecule has 216 valence electrons. The molecule has 0 bridgehead atoms. The number of alkyl halides is 3. The van der Waals surface area contributed by atoms with Crippen molar-refractivity contribution in [2.45, 2.75) is 78.1 Å². The van der Waals surface area contributed by atoms with Crippen molar-refractivity contribution in [2.24, 2.45) is 5.41 Å². The minimum atomic E-state index is -4.50. The van der Waals surface area contributed by atoms with E-state index in [4.69, 9.17) is 14.6 Å². The summed E-state index contributed by atoms with van der Waals surface area (Å²) in [4.78, 5) is 25.9. The van der Waals surface area contributed by atoms with E-state index in [-0.39, 0.29) is 18.4 Å². The highest BCUT2D eigenvalue weighted by atomic mass is 19.4. The summed E-state index contributed by atoms with van der Waals surface area (Å²) in [5.74, 6) is -0.204. The fraction of sp³-hybridized carbons (Fsp3) is 0.484. The number of halogens is 3. The second kappa shape index (κ2) is 11.2. The number of carbonyl (C=O) groups excluding carboxylic acids is 1. The van der Waals surface area contributed by atoms with Gasteiger partial charge in [0.2, 0.25) is 0 Å². The van der Waals surface area contributed by atoms with Gasteiger partial charge in [0, 0.05) is 18.5 Å². The van der Waals surface area contributed by atoms with Gasteiger partial charge in [-0.25, -0.2) is 4.79 Å². The van der Waals surface area contributed by atoms with E-state index in [1.807, 2.05) is 18.2 Å². The summed E-state index contributed by atoms with van der Waals surface area (Å²) >= 11 is 0. The van der Waals surface area contributed by atoms with Crippen molar-refractivity contribution in [2.75, 3.05) is 13.7 Å². The summed E-state index contributed by atoms with van der Waals surface area (Å²) < 4.78 is 51.8. The minimum Gasteiger partial charge on any atom is -0.496 e. The molecule has 0 unspecified atom stereocenters. The third kappa shape index (κ3) is 6.45. The Hall–Kier alpha value is -3.49. The zero-order valence-corrected chi connectivity index (χ0v) is 23.5. The maximum Gasteiger partial charge on any atom is 0.416 e. The van der Waals surface area contributed by atoms with Crippen LogP contribution in [0.25, 0.3) is 5.57 Å². The number of aliphatic carboxylic acids is 1. The van der Waals surface area contributed by atoms with E-state index in [1.165, 1.54) is 0 Å². The molecule has 1 heterocycles. The quantitative estimate of drug-likeness (QED) is 0.361. The lowest BCUT2D eigenvalue weighted by Crippen LogP contribution is -2.35. The number of allylic oxidation sites excluding steroid dienone is 1. The predicted molar refractivity (Wildman–Crippen MR) is 145 cm³/mol. The number of hydrogen-bond acceptors (Lipinski definition) is 4. The van der Waals surface area contributed by atoms with Crippen LogP contribution < -0.4 is 4.74 Å². The molecule has 0 saturated carbocycles. The second-order valence-corrected chi connectivity index (χ2v) is 11.7. The third-order valence-electron chi connectivity index (χ3n) is 7.90.